The van der Waals surface area contributed by atoms with Gasteiger partial charge in [-0.3, -0.25) is 4.90 Å². The molecule has 0 bridgehead atoms. The smallest absolute Gasteiger partial charge is 0.161 e. The molecule has 1 aliphatic rings. The van der Waals surface area contributed by atoms with Crippen molar-refractivity contribution in [3.63, 3.8) is 0 Å². The summed E-state index contributed by atoms with van der Waals surface area (Å²) in [7, 11) is 3.36. The van der Waals surface area contributed by atoms with Crippen LogP contribution < -0.4 is 9.47 Å². The van der Waals surface area contributed by atoms with Gasteiger partial charge in [-0.2, -0.15) is 0 Å². The number of halogens is 2. The fourth-order valence-corrected chi connectivity index (χ4v) is 4.75. The minimum Gasteiger partial charge on any atom is -0.493 e. The van der Waals surface area contributed by atoms with Crippen molar-refractivity contribution in [2.24, 2.45) is 0 Å². The normalized spacial score (nSPS) is 16.3. The molecule has 0 aliphatic carbocycles. The molecule has 0 amide bonds. The van der Waals surface area contributed by atoms with Gasteiger partial charge in [-0.1, -0.05) is 51.8 Å². The molecule has 1 heterocycles. The molecule has 3 nitrogen and oxygen atoms in total. The Hall–Kier alpha value is -2.01. The minimum absolute atomic E-state index is 0.0937. The van der Waals surface area contributed by atoms with E-state index in [2.05, 4.69) is 69.4 Å². The van der Waals surface area contributed by atoms with Gasteiger partial charge < -0.3 is 9.47 Å². The zero-order valence-corrected chi connectivity index (χ0v) is 18.8. The molecule has 0 aromatic heterocycles. The largest absolute Gasteiger partial charge is 0.493 e. The lowest BCUT2D eigenvalue weighted by Crippen LogP contribution is -2.35. The molecule has 29 heavy (non-hydrogen) atoms. The van der Waals surface area contributed by atoms with Crippen LogP contribution in [0.4, 0.5) is 0 Å². The van der Waals surface area contributed by atoms with Crippen LogP contribution in [0.15, 0.2) is 65.1 Å². The molecule has 1 aliphatic heterocycles. The Morgan fingerprint density at radius 2 is 1.76 bits per heavy atom. The maximum Gasteiger partial charge on any atom is 0.161 e. The third-order valence-corrected chi connectivity index (χ3v) is 6.14. The number of ether oxygens (including phenoxy) is 2. The van der Waals surface area contributed by atoms with E-state index in [-0.39, 0.29) is 6.04 Å². The molecule has 4 rings (SSSR count). The standard InChI is InChI=1S/C24H23BrClNO2/c1-28-22-13-17-9-10-27(15-16-5-3-7-19(25)11-16)24(21(17)14-23(22)29-2)18-6-4-8-20(26)12-18/h3-8,11-14,24H,9-10,15H2,1-2H3. The van der Waals surface area contributed by atoms with E-state index in [1.54, 1.807) is 14.2 Å². The number of fused-ring (bicyclic) bond motifs is 1. The molecule has 3 aromatic carbocycles. The van der Waals surface area contributed by atoms with Crippen LogP contribution >= 0.6 is 27.5 Å². The first-order valence-electron chi connectivity index (χ1n) is 9.58. The van der Waals surface area contributed by atoms with Crippen LogP contribution in [0.2, 0.25) is 5.02 Å². The van der Waals surface area contributed by atoms with Gasteiger partial charge in [-0.25, -0.2) is 0 Å². The van der Waals surface area contributed by atoms with E-state index >= 15 is 0 Å². The number of benzene rings is 3. The lowest BCUT2D eigenvalue weighted by molar-refractivity contribution is 0.203. The highest BCUT2D eigenvalue weighted by atomic mass is 79.9. The molecule has 150 valence electrons. The summed E-state index contributed by atoms with van der Waals surface area (Å²) < 4.78 is 12.2. The van der Waals surface area contributed by atoms with Crippen LogP contribution in [0.5, 0.6) is 11.5 Å². The Bertz CT molecular complexity index is 1020. The van der Waals surface area contributed by atoms with E-state index < -0.39 is 0 Å². The minimum atomic E-state index is 0.0937. The van der Waals surface area contributed by atoms with Gasteiger partial charge in [-0.15, -0.1) is 0 Å². The maximum absolute atomic E-state index is 6.36. The van der Waals surface area contributed by atoms with Crippen LogP contribution in [0.25, 0.3) is 0 Å². The second-order valence-electron chi connectivity index (χ2n) is 7.21. The van der Waals surface area contributed by atoms with E-state index in [0.717, 1.165) is 40.5 Å². The number of nitrogens with zero attached hydrogens (tertiary/aromatic N) is 1. The SMILES string of the molecule is COc1cc2c(cc1OC)C(c1cccc(Cl)c1)N(Cc1cccc(Br)c1)CC2. The molecular formula is C24H23BrClNO2. The first-order valence-corrected chi connectivity index (χ1v) is 10.7. The number of hydrogen-bond acceptors (Lipinski definition) is 3. The van der Waals surface area contributed by atoms with Gasteiger partial charge in [0.15, 0.2) is 11.5 Å². The lowest BCUT2D eigenvalue weighted by atomic mass is 9.87. The topological polar surface area (TPSA) is 21.7 Å². The highest BCUT2D eigenvalue weighted by Gasteiger charge is 2.30. The summed E-state index contributed by atoms with van der Waals surface area (Å²) in [6.07, 6.45) is 0.959. The number of methoxy groups -OCH3 is 2. The highest BCUT2D eigenvalue weighted by molar-refractivity contribution is 9.10. The van der Waals surface area contributed by atoms with Crippen molar-refractivity contribution in [3.8, 4) is 11.5 Å². The molecule has 1 unspecified atom stereocenters. The summed E-state index contributed by atoms with van der Waals surface area (Å²) >= 11 is 9.95. The van der Waals surface area contributed by atoms with Crippen LogP contribution in [0.3, 0.4) is 0 Å². The summed E-state index contributed by atoms with van der Waals surface area (Å²) in [4.78, 5) is 2.50. The lowest BCUT2D eigenvalue weighted by Gasteiger charge is -2.38. The fraction of sp³-hybridized carbons (Fsp3) is 0.250. The van der Waals surface area contributed by atoms with Gasteiger partial charge >= 0.3 is 0 Å². The molecule has 5 heteroatoms. The van der Waals surface area contributed by atoms with Crippen molar-refractivity contribution >= 4 is 27.5 Å². The van der Waals surface area contributed by atoms with Gasteiger partial charge in [0.1, 0.15) is 0 Å². The van der Waals surface area contributed by atoms with Gasteiger partial charge in [0.2, 0.25) is 0 Å². The molecule has 1 atom stereocenters. The Labute approximate surface area is 185 Å². The average Bonchev–Trinajstić information content (AvgIpc) is 2.72. The Kier molecular flexibility index (Phi) is 6.14. The predicted octanol–water partition coefficient (Wildman–Crippen LogP) is 6.27. The van der Waals surface area contributed by atoms with Crippen LogP contribution in [-0.4, -0.2) is 25.7 Å². The Balaban J connectivity index is 1.80. The van der Waals surface area contributed by atoms with Gasteiger partial charge in [0.05, 0.1) is 20.3 Å². The highest BCUT2D eigenvalue weighted by Crippen LogP contribution is 2.42. The molecule has 0 radical (unpaired) electrons. The summed E-state index contributed by atoms with van der Waals surface area (Å²) in [6, 6.07) is 21.0. The second kappa shape index (κ2) is 8.78. The molecule has 0 spiro atoms. The van der Waals surface area contributed by atoms with Crippen molar-refractivity contribution < 1.29 is 9.47 Å². The first kappa shape index (κ1) is 20.3. The molecule has 3 aromatic rings. The van der Waals surface area contributed by atoms with Crippen molar-refractivity contribution in [1.29, 1.82) is 0 Å². The van der Waals surface area contributed by atoms with E-state index in [1.807, 2.05) is 12.1 Å². The third-order valence-electron chi connectivity index (χ3n) is 5.41. The third kappa shape index (κ3) is 4.30. The molecule has 0 fully saturated rings. The van der Waals surface area contributed by atoms with E-state index in [9.17, 15) is 0 Å². The summed E-state index contributed by atoms with van der Waals surface area (Å²) in [5, 5.41) is 0.748. The molecule has 0 N–H and O–H groups in total. The second-order valence-corrected chi connectivity index (χ2v) is 8.57. The van der Waals surface area contributed by atoms with Crippen molar-refractivity contribution in [1.82, 2.24) is 4.90 Å². The van der Waals surface area contributed by atoms with Gasteiger partial charge in [-0.05, 0) is 65.1 Å². The van der Waals surface area contributed by atoms with Crippen molar-refractivity contribution in [2.45, 2.75) is 19.0 Å². The van der Waals surface area contributed by atoms with Crippen LogP contribution in [-0.2, 0) is 13.0 Å². The van der Waals surface area contributed by atoms with Crippen LogP contribution in [0, 0.1) is 0 Å². The fourth-order valence-electron chi connectivity index (χ4n) is 4.10. The predicted molar refractivity (Wildman–Crippen MR) is 121 cm³/mol. The first-order chi connectivity index (χ1) is 14.1. The van der Waals surface area contributed by atoms with E-state index in [4.69, 9.17) is 21.1 Å². The molecule has 0 saturated carbocycles. The van der Waals surface area contributed by atoms with Crippen molar-refractivity contribution in [2.75, 3.05) is 20.8 Å². The Morgan fingerprint density at radius 1 is 1.00 bits per heavy atom. The zero-order valence-electron chi connectivity index (χ0n) is 16.5. The summed E-state index contributed by atoms with van der Waals surface area (Å²) in [5.74, 6) is 1.53. The monoisotopic (exact) mass is 471 g/mol. The van der Waals surface area contributed by atoms with E-state index in [0.29, 0.717) is 0 Å². The van der Waals surface area contributed by atoms with Crippen LogP contribution in [0.1, 0.15) is 28.3 Å². The Morgan fingerprint density at radius 3 is 2.48 bits per heavy atom. The maximum atomic E-state index is 6.36. The number of hydrogen-bond donors (Lipinski definition) is 0. The molecule has 0 saturated heterocycles. The average molecular weight is 473 g/mol. The zero-order chi connectivity index (χ0) is 20.4. The number of rotatable bonds is 5. The summed E-state index contributed by atoms with van der Waals surface area (Å²) in [5.41, 5.74) is 4.99. The van der Waals surface area contributed by atoms with Crippen molar-refractivity contribution in [3.05, 3.63) is 92.4 Å². The quantitative estimate of drug-likeness (QED) is 0.437. The van der Waals surface area contributed by atoms with Gasteiger partial charge in [0.25, 0.3) is 0 Å². The van der Waals surface area contributed by atoms with E-state index in [1.165, 1.54) is 22.3 Å². The molecular weight excluding hydrogens is 450 g/mol. The van der Waals surface area contributed by atoms with Gasteiger partial charge in [0, 0.05) is 22.6 Å². The summed E-state index contributed by atoms with van der Waals surface area (Å²) in [6.45, 7) is 1.80.